The number of nitrogens with one attached hydrogen (secondary N) is 2. The van der Waals surface area contributed by atoms with Gasteiger partial charge in [0.2, 0.25) is 0 Å². The predicted molar refractivity (Wildman–Crippen MR) is 195 cm³/mol. The van der Waals surface area contributed by atoms with E-state index in [9.17, 15) is 9.59 Å². The summed E-state index contributed by atoms with van der Waals surface area (Å²) >= 11 is 6.71. The Hall–Kier alpha value is -4.73. The number of hydrogen-bond donors (Lipinski definition) is 2. The van der Waals surface area contributed by atoms with Crippen LogP contribution >= 0.6 is 11.6 Å². The summed E-state index contributed by atoms with van der Waals surface area (Å²) in [5, 5.41) is 10.5. The number of benzene rings is 3. The van der Waals surface area contributed by atoms with E-state index in [0.29, 0.717) is 35.1 Å². The van der Waals surface area contributed by atoms with Crippen LogP contribution in [0.1, 0.15) is 49.5 Å². The molecule has 0 saturated heterocycles. The Labute approximate surface area is 292 Å². The summed E-state index contributed by atoms with van der Waals surface area (Å²) in [6.07, 6.45) is 5.05. The summed E-state index contributed by atoms with van der Waals surface area (Å²) in [5.74, 6) is 0.784. The quantitative estimate of drug-likeness (QED) is 0.0820. The minimum atomic E-state index is -0.590. The number of pyridine rings is 2. The van der Waals surface area contributed by atoms with E-state index in [-0.39, 0.29) is 12.1 Å². The zero-order valence-corrected chi connectivity index (χ0v) is 29.1. The van der Waals surface area contributed by atoms with Crippen LogP contribution in [0.2, 0.25) is 5.02 Å². The molecule has 0 radical (unpaired) electrons. The SMILES string of the molecule is COC(=O)c1ccc2c(c1)nc(NCCNCC1CC(N(Cc3ccc(-c4ccccc4)c(Cl)c3)C(=O)OC(C)(C)C)C1)c1ccncc12. The molecule has 0 spiro atoms. The number of carbonyl (C=O) groups excluding carboxylic acids is 2. The number of aromatic nitrogens is 2. The van der Waals surface area contributed by atoms with Gasteiger partial charge < -0.3 is 25.0 Å². The van der Waals surface area contributed by atoms with Gasteiger partial charge in [-0.2, -0.15) is 0 Å². The Balaban J connectivity index is 1.04. The zero-order valence-electron chi connectivity index (χ0n) is 28.3. The molecule has 5 aromatic rings. The van der Waals surface area contributed by atoms with Gasteiger partial charge in [0.25, 0.3) is 0 Å². The lowest BCUT2D eigenvalue weighted by Crippen LogP contribution is -2.51. The van der Waals surface area contributed by atoms with E-state index in [2.05, 4.69) is 15.6 Å². The van der Waals surface area contributed by atoms with E-state index in [0.717, 1.165) is 64.6 Å². The largest absolute Gasteiger partial charge is 0.465 e. The highest BCUT2D eigenvalue weighted by atomic mass is 35.5. The molecule has 6 rings (SSSR count). The van der Waals surface area contributed by atoms with Crippen LogP contribution in [0.5, 0.6) is 0 Å². The third-order valence-corrected chi connectivity index (χ3v) is 9.11. The fourth-order valence-electron chi connectivity index (χ4n) is 6.29. The van der Waals surface area contributed by atoms with Crippen LogP contribution in [0.3, 0.4) is 0 Å². The summed E-state index contributed by atoms with van der Waals surface area (Å²) in [7, 11) is 1.37. The first-order valence-electron chi connectivity index (χ1n) is 16.6. The molecule has 2 aromatic heterocycles. The Morgan fingerprint density at radius 3 is 2.49 bits per heavy atom. The van der Waals surface area contributed by atoms with Crippen LogP contribution in [0.4, 0.5) is 10.6 Å². The van der Waals surface area contributed by atoms with Gasteiger partial charge in [0.15, 0.2) is 0 Å². The highest BCUT2D eigenvalue weighted by molar-refractivity contribution is 6.33. The van der Waals surface area contributed by atoms with Crippen molar-refractivity contribution in [1.29, 1.82) is 0 Å². The number of methoxy groups -OCH3 is 1. The molecular formula is C39H42ClN5O4. The Kier molecular flexibility index (Phi) is 10.3. The maximum Gasteiger partial charge on any atom is 0.410 e. The van der Waals surface area contributed by atoms with Gasteiger partial charge in [-0.15, -0.1) is 0 Å². The average molecular weight is 680 g/mol. The zero-order chi connectivity index (χ0) is 34.5. The fraction of sp³-hybridized carbons (Fsp3) is 0.333. The number of rotatable bonds is 11. The molecule has 0 bridgehead atoms. The topological polar surface area (TPSA) is 106 Å². The first kappa shape index (κ1) is 34.1. The second kappa shape index (κ2) is 14.8. The number of esters is 1. The van der Waals surface area contributed by atoms with Crippen molar-refractivity contribution in [3.05, 3.63) is 101 Å². The van der Waals surface area contributed by atoms with Crippen LogP contribution in [-0.2, 0) is 16.0 Å². The minimum absolute atomic E-state index is 0.0870. The molecule has 2 heterocycles. The summed E-state index contributed by atoms with van der Waals surface area (Å²) in [6, 6.07) is 23.5. The molecule has 0 atom stereocenters. The maximum absolute atomic E-state index is 13.4. The second-order valence-electron chi connectivity index (χ2n) is 13.5. The molecule has 0 unspecified atom stereocenters. The second-order valence-corrected chi connectivity index (χ2v) is 13.9. The van der Waals surface area contributed by atoms with Crippen molar-refractivity contribution in [2.24, 2.45) is 5.92 Å². The van der Waals surface area contributed by atoms with Crippen LogP contribution in [0.25, 0.3) is 32.8 Å². The van der Waals surface area contributed by atoms with Crippen molar-refractivity contribution >= 4 is 51.2 Å². The number of hydrogen-bond acceptors (Lipinski definition) is 8. The third kappa shape index (κ3) is 8.12. The van der Waals surface area contributed by atoms with Crippen molar-refractivity contribution in [1.82, 2.24) is 20.2 Å². The molecule has 3 aromatic carbocycles. The summed E-state index contributed by atoms with van der Waals surface area (Å²) < 4.78 is 10.7. The standard InChI is InChI=1S/C39H42ClN5O4/c1-39(2,3)49-38(47)45(24-25-10-12-30(34(40)20-25)27-8-6-5-7-9-27)29-18-26(19-29)22-42-16-17-43-36-32-14-15-41-23-33(32)31-13-11-28(37(46)48-4)21-35(31)44-36/h5-15,20-21,23,26,29,42H,16-19,22,24H2,1-4H3,(H,43,44). The van der Waals surface area contributed by atoms with Crippen LogP contribution in [-0.4, -0.2) is 65.3 Å². The van der Waals surface area contributed by atoms with Crippen molar-refractivity contribution < 1.29 is 19.1 Å². The molecule has 10 heteroatoms. The van der Waals surface area contributed by atoms with Crippen molar-refractivity contribution in [3.63, 3.8) is 0 Å². The van der Waals surface area contributed by atoms with E-state index < -0.39 is 11.6 Å². The fourth-order valence-corrected chi connectivity index (χ4v) is 6.61. The number of anilines is 1. The molecule has 1 aliphatic carbocycles. The minimum Gasteiger partial charge on any atom is -0.465 e. The molecule has 254 valence electrons. The van der Waals surface area contributed by atoms with Crippen LogP contribution in [0, 0.1) is 5.92 Å². The highest BCUT2D eigenvalue weighted by Crippen LogP contribution is 2.35. The highest BCUT2D eigenvalue weighted by Gasteiger charge is 2.37. The molecule has 1 aliphatic rings. The van der Waals surface area contributed by atoms with Gasteiger partial charge in [0.1, 0.15) is 11.4 Å². The first-order valence-corrected chi connectivity index (χ1v) is 17.0. The average Bonchev–Trinajstić information content (AvgIpc) is 3.07. The monoisotopic (exact) mass is 679 g/mol. The third-order valence-electron chi connectivity index (χ3n) is 8.80. The van der Waals surface area contributed by atoms with E-state index >= 15 is 0 Å². The van der Waals surface area contributed by atoms with Crippen LogP contribution < -0.4 is 10.6 Å². The number of fused-ring (bicyclic) bond motifs is 3. The number of carbonyl (C=O) groups is 2. The van der Waals surface area contributed by atoms with Gasteiger partial charge in [-0.05, 0) is 81.5 Å². The molecular weight excluding hydrogens is 638 g/mol. The summed E-state index contributed by atoms with van der Waals surface area (Å²) in [5.41, 5.74) is 3.55. The number of ether oxygens (including phenoxy) is 2. The van der Waals surface area contributed by atoms with Gasteiger partial charge in [-0.1, -0.05) is 60.1 Å². The van der Waals surface area contributed by atoms with Gasteiger partial charge in [-0.3, -0.25) is 4.98 Å². The van der Waals surface area contributed by atoms with Crippen LogP contribution in [0.15, 0.2) is 85.2 Å². The van der Waals surface area contributed by atoms with Crippen molar-refractivity contribution in [2.45, 2.75) is 51.8 Å². The molecule has 1 fully saturated rings. The summed E-state index contributed by atoms with van der Waals surface area (Å²) in [6.45, 7) is 8.34. The first-order chi connectivity index (χ1) is 23.6. The molecule has 0 aliphatic heterocycles. The van der Waals surface area contributed by atoms with E-state index in [1.165, 1.54) is 7.11 Å². The smallest absolute Gasteiger partial charge is 0.410 e. The van der Waals surface area contributed by atoms with Gasteiger partial charge >= 0.3 is 12.1 Å². The number of halogens is 1. The van der Waals surface area contributed by atoms with E-state index in [1.807, 2.05) is 92.5 Å². The molecule has 1 saturated carbocycles. The maximum atomic E-state index is 13.4. The Bertz CT molecular complexity index is 1960. The lowest BCUT2D eigenvalue weighted by Gasteiger charge is -2.43. The molecule has 2 N–H and O–H groups in total. The number of nitrogens with zero attached hydrogens (tertiary/aromatic N) is 3. The van der Waals surface area contributed by atoms with Crippen molar-refractivity contribution in [2.75, 3.05) is 32.1 Å². The van der Waals surface area contributed by atoms with Crippen molar-refractivity contribution in [3.8, 4) is 11.1 Å². The molecule has 1 amide bonds. The van der Waals surface area contributed by atoms with E-state index in [4.69, 9.17) is 26.1 Å². The Morgan fingerprint density at radius 2 is 1.76 bits per heavy atom. The summed E-state index contributed by atoms with van der Waals surface area (Å²) in [4.78, 5) is 36.5. The lowest BCUT2D eigenvalue weighted by atomic mass is 9.79. The van der Waals surface area contributed by atoms with E-state index in [1.54, 1.807) is 18.3 Å². The lowest BCUT2D eigenvalue weighted by molar-refractivity contribution is -0.00435. The van der Waals surface area contributed by atoms with Gasteiger partial charge in [0, 0.05) is 64.8 Å². The molecule has 9 nitrogen and oxygen atoms in total. The van der Waals surface area contributed by atoms with Gasteiger partial charge in [0.05, 0.1) is 18.2 Å². The molecule has 49 heavy (non-hydrogen) atoms. The Morgan fingerprint density at radius 1 is 0.959 bits per heavy atom. The number of amides is 1. The normalized spacial score (nSPS) is 15.9. The predicted octanol–water partition coefficient (Wildman–Crippen LogP) is 8.11. The van der Waals surface area contributed by atoms with Gasteiger partial charge in [-0.25, -0.2) is 14.6 Å².